The van der Waals surface area contributed by atoms with Gasteiger partial charge in [-0.05, 0) is 44.5 Å². The van der Waals surface area contributed by atoms with E-state index in [-0.39, 0.29) is 37.5 Å². The number of halogens is 3. The molecule has 0 spiro atoms. The molecule has 1 fully saturated rings. The number of carbonyl (C=O) groups is 2. The van der Waals surface area contributed by atoms with Gasteiger partial charge in [0.2, 0.25) is 11.6 Å². The molecule has 0 bridgehead atoms. The highest BCUT2D eigenvalue weighted by Crippen LogP contribution is 2.69. The molecule has 3 rings (SSSR count). The van der Waals surface area contributed by atoms with Gasteiger partial charge in [0.25, 0.3) is 0 Å². The fraction of sp³-hybridized carbons (Fsp3) is 0.556. The van der Waals surface area contributed by atoms with Crippen LogP contribution >= 0.6 is 7.60 Å². The molecule has 1 heterocycles. The number of carbonyl (C=O) groups excluding carboxylic acids is 2. The Hall–Kier alpha value is -1.74. The van der Waals surface area contributed by atoms with E-state index in [2.05, 4.69) is 0 Å². The highest BCUT2D eigenvalue weighted by molar-refractivity contribution is 7.58. The lowest BCUT2D eigenvalue weighted by atomic mass is 9.69. The molecule has 0 radical (unpaired) electrons. The topological polar surface area (TPSA) is 82.1 Å². The van der Waals surface area contributed by atoms with Gasteiger partial charge in [0, 0.05) is 6.42 Å². The molecule has 7 nitrogen and oxygen atoms in total. The summed E-state index contributed by atoms with van der Waals surface area (Å²) in [6, 6.07) is 1.62. The zero-order valence-electron chi connectivity index (χ0n) is 16.1. The predicted octanol–water partition coefficient (Wildman–Crippen LogP) is 3.54. The van der Waals surface area contributed by atoms with Crippen LogP contribution in [-0.4, -0.2) is 42.6 Å². The zero-order chi connectivity index (χ0) is 21.6. The molecule has 1 aromatic rings. The molecule has 29 heavy (non-hydrogen) atoms. The highest BCUT2D eigenvalue weighted by Gasteiger charge is 2.77. The van der Waals surface area contributed by atoms with Gasteiger partial charge in [-0.1, -0.05) is 0 Å². The van der Waals surface area contributed by atoms with Gasteiger partial charge < -0.3 is 9.05 Å². The number of rotatable bonds is 7. The summed E-state index contributed by atoms with van der Waals surface area (Å²) < 4.78 is 64.0. The van der Waals surface area contributed by atoms with Crippen molar-refractivity contribution in [2.24, 2.45) is 0 Å². The summed E-state index contributed by atoms with van der Waals surface area (Å²) in [5.41, 5.74) is -0.645. The normalized spacial score (nSPS) is 24.2. The fourth-order valence-electron chi connectivity index (χ4n) is 3.89. The Balaban J connectivity index is 2.23. The number of hydrogen-bond acceptors (Lipinski definition) is 7. The maximum Gasteiger partial charge on any atom is 0.416 e. The van der Waals surface area contributed by atoms with E-state index < -0.39 is 42.1 Å². The molecule has 11 heteroatoms. The molecule has 0 N–H and O–H groups in total. The minimum absolute atomic E-state index is 0.0715. The minimum Gasteiger partial charge on any atom is -0.308 e. The Morgan fingerprint density at radius 3 is 2.28 bits per heavy atom. The molecule has 2 atom stereocenters. The van der Waals surface area contributed by atoms with Gasteiger partial charge in [-0.25, -0.2) is 5.06 Å². The van der Waals surface area contributed by atoms with Gasteiger partial charge in [0.15, 0.2) is 5.16 Å². The van der Waals surface area contributed by atoms with Crippen LogP contribution in [0.25, 0.3) is 0 Å². The van der Waals surface area contributed by atoms with Crippen molar-refractivity contribution in [2.75, 3.05) is 24.9 Å². The van der Waals surface area contributed by atoms with Crippen LogP contribution in [0.3, 0.4) is 0 Å². The van der Waals surface area contributed by atoms with E-state index in [1.807, 2.05) is 0 Å². The highest BCUT2D eigenvalue weighted by atomic mass is 31.2. The lowest BCUT2D eigenvalue weighted by Crippen LogP contribution is -2.76. The second-order valence-corrected chi connectivity index (χ2v) is 8.92. The summed E-state index contributed by atoms with van der Waals surface area (Å²) in [6.45, 7) is 4.63. The van der Waals surface area contributed by atoms with Crippen LogP contribution in [-0.2, 0) is 40.6 Å². The first kappa shape index (κ1) is 22.0. The number of nitrogens with zero attached hydrogens (tertiary/aromatic N) is 1. The number of Topliss-reactive ketones (excluding diaryl/α,β-unsaturated/α-hetero) is 2. The van der Waals surface area contributed by atoms with Crippen molar-refractivity contribution < 1.29 is 41.2 Å². The van der Waals surface area contributed by atoms with Crippen molar-refractivity contribution in [2.45, 2.75) is 44.6 Å². The smallest absolute Gasteiger partial charge is 0.308 e. The number of hydroxylamine groups is 1. The van der Waals surface area contributed by atoms with Crippen LogP contribution in [0, 0.1) is 0 Å². The molecule has 160 valence electrons. The third-order valence-corrected chi connectivity index (χ3v) is 7.79. The lowest BCUT2D eigenvalue weighted by molar-refractivity contribution is -0.151. The number of anilines is 1. The number of hydrogen-bond donors (Lipinski definition) is 0. The Morgan fingerprint density at radius 1 is 1.14 bits per heavy atom. The first-order valence-corrected chi connectivity index (χ1v) is 10.7. The van der Waals surface area contributed by atoms with E-state index in [9.17, 15) is 27.3 Å². The molecule has 1 aliphatic heterocycles. The van der Waals surface area contributed by atoms with Crippen LogP contribution in [0.2, 0.25) is 0 Å². The molecule has 1 aromatic carbocycles. The van der Waals surface area contributed by atoms with Crippen LogP contribution in [0.1, 0.15) is 31.9 Å². The molecule has 0 saturated heterocycles. The summed E-state index contributed by atoms with van der Waals surface area (Å²) in [4.78, 5) is 30.8. The summed E-state index contributed by atoms with van der Waals surface area (Å²) in [5, 5.41) is -0.879. The fourth-order valence-corrected chi connectivity index (χ4v) is 6.35. The second kappa shape index (κ2) is 7.50. The van der Waals surface area contributed by atoms with Crippen molar-refractivity contribution >= 4 is 24.8 Å². The van der Waals surface area contributed by atoms with Gasteiger partial charge in [-0.2, -0.15) is 13.2 Å². The van der Waals surface area contributed by atoms with E-state index in [4.69, 9.17) is 13.9 Å². The predicted molar refractivity (Wildman–Crippen MR) is 96.6 cm³/mol. The van der Waals surface area contributed by atoms with Gasteiger partial charge in [-0.3, -0.25) is 19.0 Å². The van der Waals surface area contributed by atoms with Crippen molar-refractivity contribution in [3.05, 3.63) is 29.3 Å². The van der Waals surface area contributed by atoms with E-state index in [0.717, 1.165) is 17.2 Å². The Bertz CT molecular complexity index is 879. The molecular formula is C18H21F3NO6P. The quantitative estimate of drug-likeness (QED) is 0.479. The molecule has 2 unspecified atom stereocenters. The van der Waals surface area contributed by atoms with E-state index >= 15 is 0 Å². The van der Waals surface area contributed by atoms with Gasteiger partial charge in [0.05, 0.1) is 31.1 Å². The van der Waals surface area contributed by atoms with Crippen LogP contribution in [0.5, 0.6) is 0 Å². The van der Waals surface area contributed by atoms with Crippen molar-refractivity contribution in [1.82, 2.24) is 0 Å². The zero-order valence-corrected chi connectivity index (χ0v) is 17.0. The molecule has 0 amide bonds. The molecule has 1 aliphatic carbocycles. The van der Waals surface area contributed by atoms with Crippen LogP contribution in [0.15, 0.2) is 18.2 Å². The largest absolute Gasteiger partial charge is 0.416 e. The average Bonchev–Trinajstić information content (AvgIpc) is 2.66. The number of fused-ring (bicyclic) bond motifs is 2. The minimum atomic E-state index is -4.61. The van der Waals surface area contributed by atoms with E-state index in [0.29, 0.717) is 0 Å². The first-order valence-electron chi connectivity index (χ1n) is 9.17. The maximum atomic E-state index is 13.6. The molecule has 0 aromatic heterocycles. The van der Waals surface area contributed by atoms with Crippen molar-refractivity contribution in [3.8, 4) is 0 Å². The Morgan fingerprint density at radius 2 is 1.76 bits per heavy atom. The van der Waals surface area contributed by atoms with Crippen molar-refractivity contribution in [3.63, 3.8) is 0 Å². The van der Waals surface area contributed by atoms with Crippen molar-refractivity contribution in [1.29, 1.82) is 0 Å². The number of alkyl halides is 3. The Kier molecular flexibility index (Phi) is 5.68. The summed E-state index contributed by atoms with van der Waals surface area (Å²) >= 11 is 0. The van der Waals surface area contributed by atoms with Gasteiger partial charge in [0.1, 0.15) is 6.04 Å². The Labute approximate surface area is 165 Å². The van der Waals surface area contributed by atoms with Gasteiger partial charge >= 0.3 is 13.8 Å². The SMILES string of the molecule is CCON1c2ccc(C(F)(F)F)cc2CC2(P(=O)(OCC)OCC)C(=O)C(=O)C12. The van der Waals surface area contributed by atoms with Crippen LogP contribution in [0.4, 0.5) is 18.9 Å². The molecule has 1 saturated carbocycles. The monoisotopic (exact) mass is 435 g/mol. The lowest BCUT2D eigenvalue weighted by Gasteiger charge is -2.54. The summed E-state index contributed by atoms with van der Waals surface area (Å²) in [7, 11) is -4.22. The molecule has 2 aliphatic rings. The van der Waals surface area contributed by atoms with E-state index in [1.165, 1.54) is 6.07 Å². The standard InChI is InChI=1S/C18H21F3NO6P/c1-4-26-22-13-8-7-12(18(19,20)21)9-11(13)10-17(15(22)14(23)16(17)24)29(25,27-5-2)28-6-3/h7-9,15H,4-6,10H2,1-3H3. The third kappa shape index (κ3) is 3.13. The second-order valence-electron chi connectivity index (χ2n) is 6.61. The maximum absolute atomic E-state index is 13.6. The summed E-state index contributed by atoms with van der Waals surface area (Å²) in [6.07, 6.45) is -5.00. The molecular weight excluding hydrogens is 414 g/mol. The van der Waals surface area contributed by atoms with Gasteiger partial charge in [-0.15, -0.1) is 0 Å². The summed E-state index contributed by atoms with van der Waals surface area (Å²) in [5.74, 6) is -1.83. The van der Waals surface area contributed by atoms with Crippen LogP contribution < -0.4 is 5.06 Å². The first-order chi connectivity index (χ1) is 13.6. The third-order valence-electron chi connectivity index (χ3n) is 5.01. The van der Waals surface area contributed by atoms with E-state index in [1.54, 1.807) is 20.8 Å². The average molecular weight is 435 g/mol. The number of benzene rings is 1. The number of ketones is 2.